The number of alkyl halides is 3. The lowest BCUT2D eigenvalue weighted by Gasteiger charge is -2.31. The van der Waals surface area contributed by atoms with Gasteiger partial charge in [0.1, 0.15) is 17.0 Å². The first kappa shape index (κ1) is 35.0. The minimum Gasteiger partial charge on any atom is -0.465 e. The molecule has 0 unspecified atom stereocenters. The molecule has 0 bridgehead atoms. The standard InChI is InChI=1S/C28H28ClF3N8O6S2/c29-20-6-3-17(13-23(20)48(45,46)40-11-9-18(10-12-40)36-27(41)42)21-7-8-22-24(37-21)25(35-15-28(30,31)32)39-26(38-22)34-14-16-1-4-19(5-2-16)47(33,43)44/h1-8,13,18,36H,9-12,14-15H2,(H,41,42)(H2,33,43,44)(H2,34,35,38,39). The van der Waals surface area contributed by atoms with E-state index in [9.17, 15) is 34.8 Å². The van der Waals surface area contributed by atoms with Crippen molar-refractivity contribution in [1.82, 2.24) is 24.6 Å². The highest BCUT2D eigenvalue weighted by Crippen LogP contribution is 2.33. The van der Waals surface area contributed by atoms with Crippen LogP contribution in [0, 0.1) is 0 Å². The number of fused-ring (bicyclic) bond motifs is 1. The van der Waals surface area contributed by atoms with Crippen LogP contribution in [0.15, 0.2) is 64.4 Å². The van der Waals surface area contributed by atoms with Crippen LogP contribution in [0.25, 0.3) is 22.3 Å². The zero-order valence-corrected chi connectivity index (χ0v) is 27.1. The van der Waals surface area contributed by atoms with Gasteiger partial charge in [-0.25, -0.2) is 36.7 Å². The van der Waals surface area contributed by atoms with E-state index in [-0.39, 0.29) is 81.8 Å². The van der Waals surface area contributed by atoms with Gasteiger partial charge in [0.25, 0.3) is 0 Å². The number of rotatable bonds is 10. The van der Waals surface area contributed by atoms with Crippen LogP contribution in [0.4, 0.5) is 29.7 Å². The van der Waals surface area contributed by atoms with Crippen LogP contribution in [0.5, 0.6) is 0 Å². The molecule has 1 aliphatic rings. The molecular weight excluding hydrogens is 701 g/mol. The number of nitrogens with zero attached hydrogens (tertiary/aromatic N) is 4. The zero-order valence-electron chi connectivity index (χ0n) is 24.7. The highest BCUT2D eigenvalue weighted by molar-refractivity contribution is 7.89. The summed E-state index contributed by atoms with van der Waals surface area (Å²) in [6.07, 6.45) is -5.25. The smallest absolute Gasteiger partial charge is 0.405 e. The molecule has 3 heterocycles. The third-order valence-corrected chi connectivity index (χ3v) is 10.6. The number of carboxylic acid groups (broad SMARTS) is 1. The van der Waals surface area contributed by atoms with Crippen LogP contribution in [0.3, 0.4) is 0 Å². The largest absolute Gasteiger partial charge is 0.465 e. The monoisotopic (exact) mass is 728 g/mol. The van der Waals surface area contributed by atoms with Crippen molar-refractivity contribution in [3.63, 3.8) is 0 Å². The Hall–Kier alpha value is -4.30. The van der Waals surface area contributed by atoms with Crippen LogP contribution in [0.1, 0.15) is 18.4 Å². The molecule has 0 atom stereocenters. The molecule has 1 fully saturated rings. The van der Waals surface area contributed by atoms with Gasteiger partial charge in [0.15, 0.2) is 5.82 Å². The average molecular weight is 729 g/mol. The van der Waals surface area contributed by atoms with E-state index >= 15 is 0 Å². The number of piperidine rings is 1. The van der Waals surface area contributed by atoms with Crippen molar-refractivity contribution in [2.75, 3.05) is 30.3 Å². The fourth-order valence-electron chi connectivity index (χ4n) is 4.95. The van der Waals surface area contributed by atoms with E-state index in [0.29, 0.717) is 11.1 Å². The topological polar surface area (TPSA) is 210 Å². The van der Waals surface area contributed by atoms with Crippen LogP contribution in [-0.4, -0.2) is 79.1 Å². The number of anilines is 2. The van der Waals surface area contributed by atoms with Crippen molar-refractivity contribution < 1.29 is 39.9 Å². The van der Waals surface area contributed by atoms with Crippen molar-refractivity contribution in [3.05, 3.63) is 65.2 Å². The molecule has 6 N–H and O–H groups in total. The average Bonchev–Trinajstić information content (AvgIpc) is 3.02. The van der Waals surface area contributed by atoms with Crippen molar-refractivity contribution >= 4 is 60.5 Å². The van der Waals surface area contributed by atoms with Crippen molar-refractivity contribution in [2.45, 2.75) is 41.4 Å². The van der Waals surface area contributed by atoms with E-state index in [2.05, 4.69) is 30.9 Å². The summed E-state index contributed by atoms with van der Waals surface area (Å²) < 4.78 is 90.9. The number of benzene rings is 2. The third kappa shape index (κ3) is 8.40. The third-order valence-electron chi connectivity index (χ3n) is 7.33. The quantitative estimate of drug-likeness (QED) is 0.158. The molecule has 48 heavy (non-hydrogen) atoms. The lowest BCUT2D eigenvalue weighted by Crippen LogP contribution is -2.46. The SMILES string of the molecule is NS(=O)(=O)c1ccc(CNc2nc(NCC(F)(F)F)c3nc(-c4ccc(Cl)c(S(=O)(=O)N5CCC(NC(=O)O)CC5)c4)ccc3n2)cc1. The summed E-state index contributed by atoms with van der Waals surface area (Å²) in [5.74, 6) is -0.287. The number of hydrogen-bond donors (Lipinski definition) is 5. The maximum Gasteiger partial charge on any atom is 0.405 e. The molecule has 2 aromatic carbocycles. The molecular formula is C28H28ClF3N8O6S2. The summed E-state index contributed by atoms with van der Waals surface area (Å²) in [5.41, 5.74) is 1.26. The molecule has 14 nitrogen and oxygen atoms in total. The molecule has 0 spiro atoms. The van der Waals surface area contributed by atoms with Gasteiger partial charge in [0, 0.05) is 31.2 Å². The lowest BCUT2D eigenvalue weighted by atomic mass is 10.1. The molecule has 0 saturated carbocycles. The van der Waals surface area contributed by atoms with E-state index < -0.39 is 38.9 Å². The number of hydrogen-bond acceptors (Lipinski definition) is 10. The van der Waals surface area contributed by atoms with E-state index in [4.69, 9.17) is 21.8 Å². The van der Waals surface area contributed by atoms with Gasteiger partial charge in [-0.2, -0.15) is 22.5 Å². The Morgan fingerprint density at radius 3 is 2.29 bits per heavy atom. The summed E-state index contributed by atoms with van der Waals surface area (Å²) in [4.78, 5) is 23.7. The fourth-order valence-corrected chi connectivity index (χ4v) is 7.44. The number of nitrogens with one attached hydrogen (secondary N) is 3. The number of halogens is 4. The van der Waals surface area contributed by atoms with Gasteiger partial charge in [-0.15, -0.1) is 0 Å². The normalized spacial score (nSPS) is 14.9. The van der Waals surface area contributed by atoms with Crippen LogP contribution >= 0.6 is 11.6 Å². The van der Waals surface area contributed by atoms with E-state index in [1.807, 2.05) is 0 Å². The van der Waals surface area contributed by atoms with Gasteiger partial charge in [0.05, 0.1) is 21.1 Å². The second-order valence-electron chi connectivity index (χ2n) is 10.7. The number of sulfonamides is 2. The lowest BCUT2D eigenvalue weighted by molar-refractivity contribution is -0.115. The second-order valence-corrected chi connectivity index (χ2v) is 14.6. The molecule has 0 radical (unpaired) electrons. The summed E-state index contributed by atoms with van der Waals surface area (Å²) in [6, 6.07) is 12.4. The Morgan fingerprint density at radius 1 is 0.979 bits per heavy atom. The molecule has 1 saturated heterocycles. The second kappa shape index (κ2) is 13.7. The van der Waals surface area contributed by atoms with E-state index in [1.165, 1.54) is 58.9 Å². The Morgan fingerprint density at radius 2 is 1.67 bits per heavy atom. The number of nitrogens with two attached hydrogens (primary N) is 1. The summed E-state index contributed by atoms with van der Waals surface area (Å²) in [5, 5.41) is 21.5. The van der Waals surface area contributed by atoms with Gasteiger partial charge >= 0.3 is 12.3 Å². The minimum atomic E-state index is -4.59. The molecule has 2 aromatic heterocycles. The molecule has 1 aliphatic heterocycles. The van der Waals surface area contributed by atoms with Gasteiger partial charge in [-0.3, -0.25) is 0 Å². The maximum absolute atomic E-state index is 13.5. The molecule has 4 aromatic rings. The molecule has 5 rings (SSSR count). The fraction of sp³-hybridized carbons (Fsp3) is 0.286. The van der Waals surface area contributed by atoms with Gasteiger partial charge in [-0.1, -0.05) is 29.8 Å². The highest BCUT2D eigenvalue weighted by Gasteiger charge is 2.32. The molecule has 256 valence electrons. The van der Waals surface area contributed by atoms with Crippen molar-refractivity contribution in [2.24, 2.45) is 5.14 Å². The van der Waals surface area contributed by atoms with Crippen LogP contribution < -0.4 is 21.1 Å². The molecule has 0 aliphatic carbocycles. The predicted octanol–water partition coefficient (Wildman–Crippen LogP) is 4.00. The Balaban J connectivity index is 1.44. The Bertz CT molecular complexity index is 2060. The maximum atomic E-state index is 13.5. The highest BCUT2D eigenvalue weighted by atomic mass is 35.5. The number of primary sulfonamides is 1. The van der Waals surface area contributed by atoms with Gasteiger partial charge < -0.3 is 21.1 Å². The molecule has 1 amide bonds. The van der Waals surface area contributed by atoms with Gasteiger partial charge in [0.2, 0.25) is 26.0 Å². The Labute approximate surface area is 277 Å². The first-order chi connectivity index (χ1) is 22.5. The zero-order chi connectivity index (χ0) is 34.9. The summed E-state index contributed by atoms with van der Waals surface area (Å²) in [6.45, 7) is -1.21. The predicted molar refractivity (Wildman–Crippen MR) is 170 cm³/mol. The van der Waals surface area contributed by atoms with Crippen LogP contribution in [0.2, 0.25) is 5.02 Å². The summed E-state index contributed by atoms with van der Waals surface area (Å²) in [7, 11) is -7.99. The number of amides is 1. The summed E-state index contributed by atoms with van der Waals surface area (Å²) >= 11 is 6.32. The van der Waals surface area contributed by atoms with E-state index in [0.717, 1.165) is 0 Å². The molecule has 20 heteroatoms. The first-order valence-corrected chi connectivity index (χ1v) is 17.5. The van der Waals surface area contributed by atoms with Crippen molar-refractivity contribution in [1.29, 1.82) is 0 Å². The number of aromatic nitrogens is 3. The van der Waals surface area contributed by atoms with Crippen LogP contribution in [-0.2, 0) is 26.6 Å². The van der Waals surface area contributed by atoms with Gasteiger partial charge in [-0.05, 0) is 54.8 Å². The van der Waals surface area contributed by atoms with Crippen molar-refractivity contribution in [3.8, 4) is 11.3 Å². The van der Waals surface area contributed by atoms with E-state index in [1.54, 1.807) is 0 Å². The minimum absolute atomic E-state index is 0.0211. The Kier molecular flexibility index (Phi) is 9.97. The first-order valence-electron chi connectivity index (χ1n) is 14.1. The number of carbonyl (C=O) groups is 1. The number of pyridine rings is 1.